The molecule has 0 bridgehead atoms. The molecule has 1 aliphatic carbocycles. The standard InChI is InChI=1S/C32H37N5O4/c1-3-34-27(18-33)25(15-21-11-7-13-29(21)38)36-31(39)28-16-22(20-9-5-4-6-10-20)19-37(28)32(40)26-17-23-24(35-26)12-8-14-30(23)41-2/h4-6,8-10,12,14,17,21-22,25,27-28,34-35H,3,7,11,13,15-16,19H2,1-2H3,(H,36,39)/t21-,22+,25-,27?,28?/m0/s1. The molecule has 9 heteroatoms. The highest BCUT2D eigenvalue weighted by Gasteiger charge is 2.42. The van der Waals surface area contributed by atoms with E-state index in [2.05, 4.69) is 21.7 Å². The molecule has 5 atom stereocenters. The van der Waals surface area contributed by atoms with Gasteiger partial charge in [0.25, 0.3) is 5.91 Å². The number of nitrogens with one attached hydrogen (secondary N) is 3. The van der Waals surface area contributed by atoms with Crippen LogP contribution in [0, 0.1) is 17.2 Å². The quantitative estimate of drug-likeness (QED) is 0.348. The number of hydrogen-bond acceptors (Lipinski definition) is 6. The Labute approximate surface area is 240 Å². The van der Waals surface area contributed by atoms with E-state index in [9.17, 15) is 19.6 Å². The summed E-state index contributed by atoms with van der Waals surface area (Å²) < 4.78 is 5.47. The molecule has 1 saturated heterocycles. The highest BCUT2D eigenvalue weighted by atomic mass is 16.5. The fourth-order valence-electron chi connectivity index (χ4n) is 6.35. The molecule has 1 saturated carbocycles. The van der Waals surface area contributed by atoms with Gasteiger partial charge in [0.15, 0.2) is 0 Å². The van der Waals surface area contributed by atoms with E-state index in [0.717, 1.165) is 29.3 Å². The number of benzene rings is 2. The number of likely N-dealkylation sites (N-methyl/N-ethyl adjacent to an activating group) is 1. The molecule has 2 fully saturated rings. The molecule has 2 aromatic carbocycles. The summed E-state index contributed by atoms with van der Waals surface area (Å²) in [6.45, 7) is 2.84. The van der Waals surface area contributed by atoms with Crippen LogP contribution in [0.4, 0.5) is 0 Å². The van der Waals surface area contributed by atoms with E-state index in [1.165, 1.54) is 0 Å². The fraction of sp³-hybridized carbons (Fsp3) is 0.438. The summed E-state index contributed by atoms with van der Waals surface area (Å²) >= 11 is 0. The van der Waals surface area contributed by atoms with Crippen molar-refractivity contribution in [3.63, 3.8) is 0 Å². The number of amides is 2. The van der Waals surface area contributed by atoms with Crippen LogP contribution in [0.2, 0.25) is 0 Å². The van der Waals surface area contributed by atoms with Gasteiger partial charge in [-0.1, -0.05) is 43.3 Å². The van der Waals surface area contributed by atoms with Gasteiger partial charge in [-0.3, -0.25) is 14.4 Å². The summed E-state index contributed by atoms with van der Waals surface area (Å²) in [5, 5.41) is 17.0. The van der Waals surface area contributed by atoms with E-state index >= 15 is 0 Å². The van der Waals surface area contributed by atoms with E-state index in [4.69, 9.17) is 4.74 Å². The van der Waals surface area contributed by atoms with Crippen LogP contribution in [0.15, 0.2) is 54.6 Å². The molecule has 3 N–H and O–H groups in total. The zero-order chi connectivity index (χ0) is 28.9. The Bertz CT molecular complexity index is 1450. The number of likely N-dealkylation sites (tertiary alicyclic amines) is 1. The second kappa shape index (κ2) is 12.6. The lowest BCUT2D eigenvalue weighted by atomic mass is 9.92. The van der Waals surface area contributed by atoms with Crippen LogP contribution in [0.1, 0.15) is 61.0 Å². The molecule has 1 aliphatic heterocycles. The van der Waals surface area contributed by atoms with Crippen LogP contribution in [-0.4, -0.2) is 65.8 Å². The minimum absolute atomic E-state index is 0.0230. The molecule has 2 heterocycles. The summed E-state index contributed by atoms with van der Waals surface area (Å²) in [6.07, 6.45) is 3.01. The zero-order valence-electron chi connectivity index (χ0n) is 23.6. The molecule has 2 aliphatic rings. The summed E-state index contributed by atoms with van der Waals surface area (Å²) in [7, 11) is 1.59. The third kappa shape index (κ3) is 5.98. The molecule has 5 rings (SSSR count). The fourth-order valence-corrected chi connectivity index (χ4v) is 6.35. The number of Topliss-reactive ketones (excluding diaryl/α,β-unsaturated/α-hetero) is 1. The van der Waals surface area contributed by atoms with Gasteiger partial charge >= 0.3 is 0 Å². The number of hydrogen-bond donors (Lipinski definition) is 3. The third-order valence-corrected chi connectivity index (χ3v) is 8.47. The van der Waals surface area contributed by atoms with E-state index in [1.54, 1.807) is 18.1 Å². The maximum atomic E-state index is 14.0. The number of methoxy groups -OCH3 is 1. The maximum absolute atomic E-state index is 14.0. The Balaban J connectivity index is 1.43. The Morgan fingerprint density at radius 3 is 2.68 bits per heavy atom. The SMILES string of the molecule is CCNC(C#N)[C@H](C[C@@H]1CCCC1=O)NC(=O)C1C[C@@H](c2ccccc2)CN1C(=O)c1cc2c(OC)cccc2[nH]1. The summed E-state index contributed by atoms with van der Waals surface area (Å²) in [5.41, 5.74) is 2.22. The first kappa shape index (κ1) is 28.4. The molecule has 214 valence electrons. The van der Waals surface area contributed by atoms with Crippen molar-refractivity contribution in [1.29, 1.82) is 5.26 Å². The lowest BCUT2D eigenvalue weighted by molar-refractivity contribution is -0.126. The van der Waals surface area contributed by atoms with Gasteiger partial charge in [0.05, 0.1) is 19.2 Å². The Hall–Kier alpha value is -4.16. The smallest absolute Gasteiger partial charge is 0.271 e. The van der Waals surface area contributed by atoms with Gasteiger partial charge < -0.3 is 25.3 Å². The number of ether oxygens (including phenoxy) is 1. The number of aromatic nitrogens is 1. The number of ketones is 1. The first-order chi connectivity index (χ1) is 19.9. The van der Waals surface area contributed by atoms with Crippen molar-refractivity contribution in [2.24, 2.45) is 5.92 Å². The molecule has 9 nitrogen and oxygen atoms in total. The van der Waals surface area contributed by atoms with Crippen LogP contribution in [-0.2, 0) is 9.59 Å². The van der Waals surface area contributed by atoms with Gasteiger partial charge in [0, 0.05) is 35.7 Å². The van der Waals surface area contributed by atoms with Crippen molar-refractivity contribution in [2.75, 3.05) is 20.2 Å². The van der Waals surface area contributed by atoms with Gasteiger partial charge in [0.2, 0.25) is 5.91 Å². The van der Waals surface area contributed by atoms with Gasteiger partial charge in [-0.15, -0.1) is 0 Å². The van der Waals surface area contributed by atoms with Crippen molar-refractivity contribution < 1.29 is 19.1 Å². The molecule has 3 aromatic rings. The van der Waals surface area contributed by atoms with E-state index in [1.807, 2.05) is 55.5 Å². The van der Waals surface area contributed by atoms with Crippen molar-refractivity contribution >= 4 is 28.5 Å². The van der Waals surface area contributed by atoms with Gasteiger partial charge in [0.1, 0.15) is 29.3 Å². The number of nitriles is 1. The summed E-state index contributed by atoms with van der Waals surface area (Å²) in [4.78, 5) is 45.2. The van der Waals surface area contributed by atoms with Gasteiger partial charge in [-0.2, -0.15) is 5.26 Å². The normalized spacial score (nSPS) is 21.9. The largest absolute Gasteiger partial charge is 0.496 e. The Kier molecular flexibility index (Phi) is 8.70. The summed E-state index contributed by atoms with van der Waals surface area (Å²) in [6, 6.07) is 17.6. The maximum Gasteiger partial charge on any atom is 0.271 e. The molecule has 2 unspecified atom stereocenters. The monoisotopic (exact) mass is 555 g/mol. The first-order valence-electron chi connectivity index (χ1n) is 14.4. The Morgan fingerprint density at radius 1 is 1.20 bits per heavy atom. The molecule has 41 heavy (non-hydrogen) atoms. The third-order valence-electron chi connectivity index (χ3n) is 8.47. The lowest BCUT2D eigenvalue weighted by Gasteiger charge is -2.29. The highest BCUT2D eigenvalue weighted by Crippen LogP contribution is 2.35. The van der Waals surface area contributed by atoms with Crippen LogP contribution in [0.25, 0.3) is 10.9 Å². The second-order valence-electron chi connectivity index (χ2n) is 11.0. The topological polar surface area (TPSA) is 127 Å². The van der Waals surface area contributed by atoms with Crippen molar-refractivity contribution in [1.82, 2.24) is 20.5 Å². The minimum Gasteiger partial charge on any atom is -0.496 e. The average Bonchev–Trinajstić information content (AvgIpc) is 3.74. The van der Waals surface area contributed by atoms with Crippen molar-refractivity contribution in [3.8, 4) is 11.8 Å². The molecule has 1 aromatic heterocycles. The first-order valence-corrected chi connectivity index (χ1v) is 14.4. The Morgan fingerprint density at radius 2 is 2.00 bits per heavy atom. The molecule has 2 amide bonds. The van der Waals surface area contributed by atoms with Gasteiger partial charge in [-0.05, 0) is 56.0 Å². The number of carbonyl (C=O) groups excluding carboxylic acids is 3. The molecular formula is C32H37N5O4. The zero-order valence-corrected chi connectivity index (χ0v) is 23.6. The number of aromatic amines is 1. The predicted octanol–water partition coefficient (Wildman–Crippen LogP) is 3.92. The van der Waals surface area contributed by atoms with E-state index in [-0.39, 0.29) is 29.4 Å². The van der Waals surface area contributed by atoms with Crippen LogP contribution in [0.5, 0.6) is 5.75 Å². The average molecular weight is 556 g/mol. The summed E-state index contributed by atoms with van der Waals surface area (Å²) in [5.74, 6) is 0.0751. The van der Waals surface area contributed by atoms with Crippen LogP contribution in [0.3, 0.4) is 0 Å². The number of fused-ring (bicyclic) bond motifs is 1. The number of nitrogens with zero attached hydrogens (tertiary/aromatic N) is 2. The second-order valence-corrected chi connectivity index (χ2v) is 11.0. The molecule has 0 spiro atoms. The predicted molar refractivity (Wildman–Crippen MR) is 155 cm³/mol. The number of carbonyl (C=O) groups is 3. The van der Waals surface area contributed by atoms with Crippen LogP contribution >= 0.6 is 0 Å². The highest BCUT2D eigenvalue weighted by molar-refractivity contribution is 6.02. The molecular weight excluding hydrogens is 518 g/mol. The number of rotatable bonds is 10. The van der Waals surface area contributed by atoms with Gasteiger partial charge in [-0.25, -0.2) is 0 Å². The van der Waals surface area contributed by atoms with E-state index in [0.29, 0.717) is 43.8 Å². The van der Waals surface area contributed by atoms with Crippen molar-refractivity contribution in [2.45, 2.75) is 63.1 Å². The lowest BCUT2D eigenvalue weighted by Crippen LogP contribution is -2.55. The van der Waals surface area contributed by atoms with Crippen molar-refractivity contribution in [3.05, 3.63) is 65.9 Å². The van der Waals surface area contributed by atoms with Crippen LogP contribution < -0.4 is 15.4 Å². The molecule has 0 radical (unpaired) electrons. The van der Waals surface area contributed by atoms with E-state index < -0.39 is 18.1 Å². The minimum atomic E-state index is -0.733. The number of H-pyrrole nitrogens is 1.